The summed E-state index contributed by atoms with van der Waals surface area (Å²) < 4.78 is 10.7. The molecule has 0 aromatic heterocycles. The van der Waals surface area contributed by atoms with E-state index in [-0.39, 0.29) is 0 Å². The largest absolute Gasteiger partial charge is 0.493 e. The molecule has 0 bridgehead atoms. The van der Waals surface area contributed by atoms with Crippen LogP contribution in [0.3, 0.4) is 0 Å². The molecule has 1 rings (SSSR count). The first-order valence-corrected chi connectivity index (χ1v) is 5.21. The lowest BCUT2D eigenvalue weighted by Gasteiger charge is -2.11. The van der Waals surface area contributed by atoms with E-state index in [0.717, 1.165) is 29.1 Å². The Labute approximate surface area is 91.5 Å². The zero-order chi connectivity index (χ0) is 11.3. The highest BCUT2D eigenvalue weighted by molar-refractivity contribution is 5.66. The quantitative estimate of drug-likeness (QED) is 0.734. The van der Waals surface area contributed by atoms with Crippen molar-refractivity contribution in [2.24, 2.45) is 0 Å². The molecule has 0 unspecified atom stereocenters. The summed E-state index contributed by atoms with van der Waals surface area (Å²) in [6.07, 6.45) is 0.942. The van der Waals surface area contributed by atoms with Crippen LogP contribution in [0.1, 0.15) is 25.8 Å². The van der Waals surface area contributed by atoms with Gasteiger partial charge in [0.05, 0.1) is 13.7 Å². The van der Waals surface area contributed by atoms with E-state index in [1.54, 1.807) is 7.11 Å². The van der Waals surface area contributed by atoms with Gasteiger partial charge in [0.2, 0.25) is 0 Å². The fourth-order valence-corrected chi connectivity index (χ4v) is 1.37. The molecule has 0 radical (unpaired) electrons. The minimum atomic E-state index is 0.637. The van der Waals surface area contributed by atoms with E-state index in [4.69, 9.17) is 9.47 Å². The molecular weight excluding hydrogens is 188 g/mol. The fraction of sp³-hybridized carbons (Fsp3) is 0.385. The Balaban J connectivity index is 3.04. The summed E-state index contributed by atoms with van der Waals surface area (Å²) in [5, 5.41) is 0. The van der Waals surface area contributed by atoms with Gasteiger partial charge in [-0.2, -0.15) is 0 Å². The van der Waals surface area contributed by atoms with Crippen LogP contribution in [-0.4, -0.2) is 13.7 Å². The number of benzene rings is 1. The van der Waals surface area contributed by atoms with Crippen LogP contribution in [0.5, 0.6) is 11.5 Å². The summed E-state index contributed by atoms with van der Waals surface area (Å²) in [7, 11) is 1.65. The van der Waals surface area contributed by atoms with E-state index < -0.39 is 0 Å². The SMILES string of the molecule is C=C(CC)c1ccc(OC)c(OCC)c1. The van der Waals surface area contributed by atoms with Crippen LogP contribution in [0.4, 0.5) is 0 Å². The summed E-state index contributed by atoms with van der Waals surface area (Å²) >= 11 is 0. The van der Waals surface area contributed by atoms with Crippen molar-refractivity contribution in [1.82, 2.24) is 0 Å². The molecule has 1 aromatic rings. The number of allylic oxidation sites excluding steroid dienone is 1. The monoisotopic (exact) mass is 206 g/mol. The molecule has 0 amide bonds. The Morgan fingerprint density at radius 1 is 1.27 bits per heavy atom. The van der Waals surface area contributed by atoms with Gasteiger partial charge in [0.15, 0.2) is 11.5 Å². The molecule has 0 saturated carbocycles. The van der Waals surface area contributed by atoms with Gasteiger partial charge < -0.3 is 9.47 Å². The standard InChI is InChI=1S/C13H18O2/c1-5-10(3)11-7-8-12(14-4)13(9-11)15-6-2/h7-9H,3,5-6H2,1-2,4H3. The second kappa shape index (κ2) is 5.44. The minimum Gasteiger partial charge on any atom is -0.493 e. The molecule has 0 fully saturated rings. The number of rotatable bonds is 5. The van der Waals surface area contributed by atoms with Gasteiger partial charge in [-0.1, -0.05) is 19.6 Å². The Kier molecular flexibility index (Phi) is 4.22. The van der Waals surface area contributed by atoms with Crippen molar-refractivity contribution in [2.75, 3.05) is 13.7 Å². The molecule has 0 aliphatic carbocycles. The van der Waals surface area contributed by atoms with Crippen LogP contribution in [0, 0.1) is 0 Å². The van der Waals surface area contributed by atoms with Crippen LogP contribution in [-0.2, 0) is 0 Å². The lowest BCUT2D eigenvalue weighted by Crippen LogP contribution is -1.96. The minimum absolute atomic E-state index is 0.637. The van der Waals surface area contributed by atoms with Crippen LogP contribution >= 0.6 is 0 Å². The molecule has 0 aliphatic heterocycles. The van der Waals surface area contributed by atoms with Gasteiger partial charge in [0, 0.05) is 0 Å². The number of ether oxygens (including phenoxy) is 2. The second-order valence-electron chi connectivity index (χ2n) is 3.26. The molecular formula is C13H18O2. The lowest BCUT2D eigenvalue weighted by molar-refractivity contribution is 0.311. The van der Waals surface area contributed by atoms with E-state index in [2.05, 4.69) is 13.5 Å². The Morgan fingerprint density at radius 3 is 2.53 bits per heavy atom. The normalized spacial score (nSPS) is 9.80. The average molecular weight is 206 g/mol. The average Bonchev–Trinajstić information content (AvgIpc) is 2.28. The predicted octanol–water partition coefficient (Wildman–Crippen LogP) is 3.52. The first-order valence-electron chi connectivity index (χ1n) is 5.21. The maximum absolute atomic E-state index is 5.50. The van der Waals surface area contributed by atoms with Crippen LogP contribution in [0.15, 0.2) is 24.8 Å². The van der Waals surface area contributed by atoms with Gasteiger partial charge >= 0.3 is 0 Å². The summed E-state index contributed by atoms with van der Waals surface area (Å²) in [6, 6.07) is 5.91. The van der Waals surface area contributed by atoms with Gasteiger partial charge in [-0.15, -0.1) is 0 Å². The van der Waals surface area contributed by atoms with Crippen molar-refractivity contribution in [1.29, 1.82) is 0 Å². The summed E-state index contributed by atoms with van der Waals surface area (Å²) in [4.78, 5) is 0. The zero-order valence-electron chi connectivity index (χ0n) is 9.67. The number of hydrogen-bond acceptors (Lipinski definition) is 2. The second-order valence-corrected chi connectivity index (χ2v) is 3.26. The maximum atomic E-state index is 5.50. The Hall–Kier alpha value is -1.44. The van der Waals surface area contributed by atoms with Gasteiger partial charge in [0.25, 0.3) is 0 Å². The van der Waals surface area contributed by atoms with E-state index in [1.807, 2.05) is 25.1 Å². The smallest absolute Gasteiger partial charge is 0.161 e. The Bertz CT molecular complexity index is 342. The molecule has 0 N–H and O–H groups in total. The highest BCUT2D eigenvalue weighted by atomic mass is 16.5. The zero-order valence-corrected chi connectivity index (χ0v) is 9.67. The molecule has 82 valence electrons. The third-order valence-electron chi connectivity index (χ3n) is 2.30. The molecule has 0 aliphatic rings. The molecule has 2 nitrogen and oxygen atoms in total. The molecule has 2 heteroatoms. The van der Waals surface area contributed by atoms with Crippen molar-refractivity contribution in [3.8, 4) is 11.5 Å². The Morgan fingerprint density at radius 2 is 2.00 bits per heavy atom. The van der Waals surface area contributed by atoms with Gasteiger partial charge in [-0.05, 0) is 36.6 Å². The van der Waals surface area contributed by atoms with Crippen molar-refractivity contribution in [3.63, 3.8) is 0 Å². The number of hydrogen-bond donors (Lipinski definition) is 0. The van der Waals surface area contributed by atoms with Gasteiger partial charge in [-0.3, -0.25) is 0 Å². The first-order chi connectivity index (χ1) is 7.22. The van der Waals surface area contributed by atoms with Crippen molar-refractivity contribution < 1.29 is 9.47 Å². The third kappa shape index (κ3) is 2.75. The van der Waals surface area contributed by atoms with E-state index in [1.165, 1.54) is 0 Å². The molecule has 0 heterocycles. The van der Waals surface area contributed by atoms with E-state index in [9.17, 15) is 0 Å². The lowest BCUT2D eigenvalue weighted by atomic mass is 10.1. The van der Waals surface area contributed by atoms with Crippen LogP contribution in [0.25, 0.3) is 5.57 Å². The third-order valence-corrected chi connectivity index (χ3v) is 2.30. The molecule has 15 heavy (non-hydrogen) atoms. The van der Waals surface area contributed by atoms with Crippen molar-refractivity contribution in [3.05, 3.63) is 30.3 Å². The summed E-state index contributed by atoms with van der Waals surface area (Å²) in [5.41, 5.74) is 2.22. The summed E-state index contributed by atoms with van der Waals surface area (Å²) in [5.74, 6) is 1.55. The van der Waals surface area contributed by atoms with Gasteiger partial charge in [-0.25, -0.2) is 0 Å². The van der Waals surface area contributed by atoms with Crippen LogP contribution < -0.4 is 9.47 Å². The maximum Gasteiger partial charge on any atom is 0.161 e. The summed E-state index contributed by atoms with van der Waals surface area (Å²) in [6.45, 7) is 8.69. The van der Waals surface area contributed by atoms with Gasteiger partial charge in [0.1, 0.15) is 0 Å². The highest BCUT2D eigenvalue weighted by Crippen LogP contribution is 2.30. The number of methoxy groups -OCH3 is 1. The molecule has 0 spiro atoms. The predicted molar refractivity (Wildman–Crippen MR) is 63.5 cm³/mol. The molecule has 0 atom stereocenters. The van der Waals surface area contributed by atoms with Crippen molar-refractivity contribution in [2.45, 2.75) is 20.3 Å². The molecule has 0 saturated heterocycles. The fourth-order valence-electron chi connectivity index (χ4n) is 1.37. The molecule has 1 aromatic carbocycles. The van der Waals surface area contributed by atoms with E-state index >= 15 is 0 Å². The highest BCUT2D eigenvalue weighted by Gasteiger charge is 2.06. The topological polar surface area (TPSA) is 18.5 Å². The first kappa shape index (κ1) is 11.6. The van der Waals surface area contributed by atoms with Crippen molar-refractivity contribution >= 4 is 5.57 Å². The van der Waals surface area contributed by atoms with E-state index in [0.29, 0.717) is 6.61 Å². The van der Waals surface area contributed by atoms with Crippen LogP contribution in [0.2, 0.25) is 0 Å².